The molecule has 1 aliphatic heterocycles. The van der Waals surface area contributed by atoms with Gasteiger partial charge in [-0.1, -0.05) is 0 Å². The third-order valence-corrected chi connectivity index (χ3v) is 4.97. The SMILES string of the molecule is Nc1c2c(nn1C(=O)C1CCNc3ccc(F)cc31)CCC(N)C2. The zero-order valence-corrected chi connectivity index (χ0v) is 13.3. The van der Waals surface area contributed by atoms with Crippen LogP contribution >= 0.6 is 0 Å². The van der Waals surface area contributed by atoms with Crippen LogP contribution in [0.3, 0.4) is 0 Å². The number of carbonyl (C=O) groups excluding carboxylic acids is 1. The number of hydrogen-bond donors (Lipinski definition) is 3. The van der Waals surface area contributed by atoms with Crippen LogP contribution in [0.25, 0.3) is 0 Å². The standard InChI is InChI=1S/C17H20FN5O/c18-9-1-3-14-12(7-9)11(5-6-21-14)17(24)23-16(20)13-8-10(19)2-4-15(13)22-23/h1,3,7,10-11,21H,2,4-6,8,19-20H2. The van der Waals surface area contributed by atoms with E-state index in [9.17, 15) is 9.18 Å². The van der Waals surface area contributed by atoms with Crippen molar-refractivity contribution >= 4 is 17.4 Å². The third-order valence-electron chi connectivity index (χ3n) is 4.97. The van der Waals surface area contributed by atoms with E-state index >= 15 is 0 Å². The number of nitrogens with zero attached hydrogens (tertiary/aromatic N) is 2. The lowest BCUT2D eigenvalue weighted by Gasteiger charge is -2.25. The van der Waals surface area contributed by atoms with E-state index in [1.807, 2.05) is 0 Å². The van der Waals surface area contributed by atoms with Crippen molar-refractivity contribution < 1.29 is 9.18 Å². The lowest BCUT2D eigenvalue weighted by molar-refractivity contribution is 0.0859. The van der Waals surface area contributed by atoms with Crippen LogP contribution in [-0.4, -0.2) is 28.3 Å². The second-order valence-corrected chi connectivity index (χ2v) is 6.56. The summed E-state index contributed by atoms with van der Waals surface area (Å²) in [5.41, 5.74) is 15.4. The molecule has 2 atom stereocenters. The number of nitrogens with two attached hydrogens (primary N) is 2. The number of carbonyl (C=O) groups is 1. The van der Waals surface area contributed by atoms with Gasteiger partial charge < -0.3 is 16.8 Å². The van der Waals surface area contributed by atoms with Crippen molar-refractivity contribution in [3.8, 4) is 0 Å². The summed E-state index contributed by atoms with van der Waals surface area (Å²) >= 11 is 0. The van der Waals surface area contributed by atoms with Gasteiger partial charge in [0.05, 0.1) is 11.6 Å². The minimum absolute atomic E-state index is 0.0567. The van der Waals surface area contributed by atoms with E-state index < -0.39 is 5.92 Å². The number of aromatic nitrogens is 2. The first-order chi connectivity index (χ1) is 11.5. The van der Waals surface area contributed by atoms with Crippen LogP contribution in [0, 0.1) is 5.82 Å². The van der Waals surface area contributed by atoms with Crippen molar-refractivity contribution in [1.29, 1.82) is 0 Å². The molecule has 126 valence electrons. The topological polar surface area (TPSA) is 99.0 Å². The van der Waals surface area contributed by atoms with Crippen LogP contribution in [0.15, 0.2) is 18.2 Å². The van der Waals surface area contributed by atoms with Crippen molar-refractivity contribution in [2.45, 2.75) is 37.6 Å². The number of benzene rings is 1. The molecule has 1 aliphatic carbocycles. The zero-order chi connectivity index (χ0) is 16.8. The van der Waals surface area contributed by atoms with Crippen molar-refractivity contribution in [3.05, 3.63) is 40.8 Å². The van der Waals surface area contributed by atoms with E-state index in [0.717, 1.165) is 29.8 Å². The lowest BCUT2D eigenvalue weighted by Crippen LogP contribution is -2.28. The molecule has 0 saturated carbocycles. The molecule has 0 amide bonds. The molecule has 4 rings (SSSR count). The first kappa shape index (κ1) is 15.1. The molecule has 1 aromatic heterocycles. The molecule has 0 saturated heterocycles. The van der Waals surface area contributed by atoms with E-state index in [2.05, 4.69) is 10.4 Å². The second kappa shape index (κ2) is 5.59. The summed E-state index contributed by atoms with van der Waals surface area (Å²) in [7, 11) is 0. The Bertz CT molecular complexity index is 816. The van der Waals surface area contributed by atoms with Crippen molar-refractivity contribution in [2.24, 2.45) is 5.73 Å². The Morgan fingerprint density at radius 1 is 1.38 bits per heavy atom. The van der Waals surface area contributed by atoms with Crippen LogP contribution in [0.4, 0.5) is 15.9 Å². The van der Waals surface area contributed by atoms with Gasteiger partial charge in [0, 0.05) is 23.8 Å². The van der Waals surface area contributed by atoms with Gasteiger partial charge >= 0.3 is 0 Å². The highest BCUT2D eigenvalue weighted by molar-refractivity contribution is 5.90. The Kier molecular flexibility index (Phi) is 3.53. The van der Waals surface area contributed by atoms with Crippen molar-refractivity contribution in [1.82, 2.24) is 9.78 Å². The van der Waals surface area contributed by atoms with Gasteiger partial charge in [-0.05, 0) is 49.4 Å². The Morgan fingerprint density at radius 2 is 2.21 bits per heavy atom. The van der Waals surface area contributed by atoms with Crippen LogP contribution in [0.5, 0.6) is 0 Å². The summed E-state index contributed by atoms with van der Waals surface area (Å²) in [4.78, 5) is 13.0. The third kappa shape index (κ3) is 2.36. The van der Waals surface area contributed by atoms with Crippen molar-refractivity contribution in [3.63, 3.8) is 0 Å². The van der Waals surface area contributed by atoms with E-state index in [1.54, 1.807) is 6.07 Å². The molecule has 1 aromatic carbocycles. The number of nitrogens with one attached hydrogen (secondary N) is 1. The van der Waals surface area contributed by atoms with Gasteiger partial charge in [0.15, 0.2) is 0 Å². The average Bonchev–Trinajstić information content (AvgIpc) is 2.90. The van der Waals surface area contributed by atoms with Gasteiger partial charge in [-0.25, -0.2) is 4.39 Å². The molecular formula is C17H20FN5O. The predicted octanol–water partition coefficient (Wildman–Crippen LogP) is 1.66. The molecule has 2 unspecified atom stereocenters. The number of anilines is 2. The smallest absolute Gasteiger partial charge is 0.256 e. The van der Waals surface area contributed by atoms with Crippen LogP contribution in [0.2, 0.25) is 0 Å². The number of nitrogen functional groups attached to an aromatic ring is 1. The molecule has 24 heavy (non-hydrogen) atoms. The lowest BCUT2D eigenvalue weighted by atomic mass is 9.90. The number of halogens is 1. The molecule has 2 aromatic rings. The monoisotopic (exact) mass is 329 g/mol. The van der Waals surface area contributed by atoms with E-state index in [0.29, 0.717) is 30.8 Å². The van der Waals surface area contributed by atoms with Crippen LogP contribution < -0.4 is 16.8 Å². The summed E-state index contributed by atoms with van der Waals surface area (Å²) in [6.07, 6.45) is 2.81. The first-order valence-electron chi connectivity index (χ1n) is 8.24. The maximum Gasteiger partial charge on any atom is 0.256 e. The molecule has 0 radical (unpaired) electrons. The van der Waals surface area contributed by atoms with Gasteiger partial charge in [-0.15, -0.1) is 0 Å². The summed E-state index contributed by atoms with van der Waals surface area (Å²) in [6, 6.07) is 4.53. The Labute approximate surface area is 139 Å². The van der Waals surface area contributed by atoms with Crippen molar-refractivity contribution in [2.75, 3.05) is 17.6 Å². The maximum absolute atomic E-state index is 13.6. The van der Waals surface area contributed by atoms with Crippen LogP contribution in [-0.2, 0) is 12.8 Å². The van der Waals surface area contributed by atoms with E-state index in [4.69, 9.17) is 11.5 Å². The van der Waals surface area contributed by atoms with Gasteiger partial charge in [-0.2, -0.15) is 9.78 Å². The molecule has 0 spiro atoms. The molecule has 2 aliphatic rings. The molecule has 7 heteroatoms. The average molecular weight is 329 g/mol. The zero-order valence-electron chi connectivity index (χ0n) is 13.3. The van der Waals surface area contributed by atoms with E-state index in [-0.39, 0.29) is 17.8 Å². The van der Waals surface area contributed by atoms with Crippen LogP contribution in [0.1, 0.15) is 40.4 Å². The highest BCUT2D eigenvalue weighted by atomic mass is 19.1. The molecule has 0 fully saturated rings. The fourth-order valence-electron chi connectivity index (χ4n) is 3.68. The summed E-state index contributed by atoms with van der Waals surface area (Å²) in [5.74, 6) is -0.631. The van der Waals surface area contributed by atoms with Gasteiger partial charge in [0.2, 0.25) is 0 Å². The fraction of sp³-hybridized carbons (Fsp3) is 0.412. The van der Waals surface area contributed by atoms with Gasteiger partial charge in [0.25, 0.3) is 5.91 Å². The quantitative estimate of drug-likeness (QED) is 0.739. The summed E-state index contributed by atoms with van der Waals surface area (Å²) in [6.45, 7) is 0.654. The number of rotatable bonds is 1. The molecule has 0 bridgehead atoms. The first-order valence-corrected chi connectivity index (χ1v) is 8.24. The molecular weight excluding hydrogens is 309 g/mol. The minimum Gasteiger partial charge on any atom is -0.385 e. The predicted molar refractivity (Wildman–Crippen MR) is 89.5 cm³/mol. The normalized spacial score (nSPS) is 22.4. The van der Waals surface area contributed by atoms with Gasteiger partial charge in [-0.3, -0.25) is 4.79 Å². The number of hydrogen-bond acceptors (Lipinski definition) is 5. The largest absolute Gasteiger partial charge is 0.385 e. The second-order valence-electron chi connectivity index (χ2n) is 6.56. The number of aryl methyl sites for hydroxylation is 1. The van der Waals surface area contributed by atoms with Gasteiger partial charge in [0.1, 0.15) is 11.6 Å². The molecule has 5 N–H and O–H groups in total. The Hall–Kier alpha value is -2.41. The summed E-state index contributed by atoms with van der Waals surface area (Å²) < 4.78 is 14.9. The highest BCUT2D eigenvalue weighted by Crippen LogP contribution is 2.35. The minimum atomic E-state index is -0.450. The maximum atomic E-state index is 13.6. The molecule has 6 nitrogen and oxygen atoms in total. The molecule has 2 heterocycles. The Morgan fingerprint density at radius 3 is 3.04 bits per heavy atom. The summed E-state index contributed by atoms with van der Waals surface area (Å²) in [5, 5.41) is 7.63. The Balaban J connectivity index is 1.72. The highest BCUT2D eigenvalue weighted by Gasteiger charge is 2.32. The number of fused-ring (bicyclic) bond motifs is 2. The van der Waals surface area contributed by atoms with E-state index in [1.165, 1.54) is 16.8 Å². The fourth-order valence-corrected chi connectivity index (χ4v) is 3.68.